The second kappa shape index (κ2) is 77.0. The standard InChI is InChI=1S/C87H170O17P2/c1-8-11-12-13-14-15-16-17-22-30-35-40-49-56-63-70-87(92)104-83(75-98-85(90)69-62-55-48-43-42-46-53-60-67-80(7)10-3)77-102-106(95,96)100-73-81(88)72-99-105(93,94)101-76-82(74-97-84(89)68-61-54-47-39-34-29-26-25-28-33-38-45-52-59-66-79(6)9-2)103-86(91)71-64-57-50-41-36-31-24-21-19-18-20-23-27-32-37-44-51-58-65-78(4)5/h78-83,88H,8-77H2,1-7H3,(H,93,94)(H,95,96)/t79?,80?,81-,82-,83-/m1/s1. The molecule has 630 valence electrons. The van der Waals surface area contributed by atoms with E-state index in [1.165, 1.54) is 270 Å². The number of phosphoric ester groups is 2. The van der Waals surface area contributed by atoms with E-state index in [0.717, 1.165) is 108 Å². The lowest BCUT2D eigenvalue weighted by Gasteiger charge is -2.21. The largest absolute Gasteiger partial charge is 0.472 e. The van der Waals surface area contributed by atoms with Crippen LogP contribution in [0.15, 0.2) is 0 Å². The summed E-state index contributed by atoms with van der Waals surface area (Å²) in [6, 6.07) is 0. The monoisotopic (exact) mass is 1550 g/mol. The third kappa shape index (κ3) is 77.4. The highest BCUT2D eigenvalue weighted by Crippen LogP contribution is 2.45. The van der Waals surface area contributed by atoms with Crippen LogP contribution in [-0.2, 0) is 65.4 Å². The summed E-state index contributed by atoms with van der Waals surface area (Å²) in [6.07, 6.45) is 67.9. The van der Waals surface area contributed by atoms with Gasteiger partial charge in [0.1, 0.15) is 19.3 Å². The van der Waals surface area contributed by atoms with Gasteiger partial charge in [-0.1, -0.05) is 408 Å². The predicted octanol–water partition coefficient (Wildman–Crippen LogP) is 26.5. The summed E-state index contributed by atoms with van der Waals surface area (Å²) < 4.78 is 69.0. The fourth-order valence-electron chi connectivity index (χ4n) is 13.5. The van der Waals surface area contributed by atoms with Crippen molar-refractivity contribution in [3.63, 3.8) is 0 Å². The lowest BCUT2D eigenvalue weighted by atomic mass is 9.99. The molecule has 0 bridgehead atoms. The van der Waals surface area contributed by atoms with Gasteiger partial charge in [0.2, 0.25) is 0 Å². The van der Waals surface area contributed by atoms with Gasteiger partial charge in [-0.2, -0.15) is 0 Å². The molecule has 0 radical (unpaired) electrons. The average molecular weight is 1550 g/mol. The van der Waals surface area contributed by atoms with Crippen molar-refractivity contribution in [2.24, 2.45) is 17.8 Å². The van der Waals surface area contributed by atoms with Gasteiger partial charge in [-0.3, -0.25) is 37.3 Å². The van der Waals surface area contributed by atoms with E-state index in [4.69, 9.17) is 37.0 Å². The van der Waals surface area contributed by atoms with Crippen LogP contribution in [0.3, 0.4) is 0 Å². The number of unbranched alkanes of at least 4 members (excludes halogenated alkanes) is 51. The summed E-state index contributed by atoms with van der Waals surface area (Å²) >= 11 is 0. The molecule has 0 amide bonds. The van der Waals surface area contributed by atoms with Crippen molar-refractivity contribution in [2.45, 2.75) is 478 Å². The van der Waals surface area contributed by atoms with Gasteiger partial charge >= 0.3 is 39.5 Å². The molecule has 19 heteroatoms. The van der Waals surface area contributed by atoms with Crippen LogP contribution >= 0.6 is 15.6 Å². The molecule has 0 rings (SSSR count). The molecule has 106 heavy (non-hydrogen) atoms. The Hall–Kier alpha value is -1.94. The minimum atomic E-state index is -4.97. The number of phosphoric acid groups is 2. The Balaban J connectivity index is 5.26. The first-order valence-electron chi connectivity index (χ1n) is 44.9. The third-order valence-corrected chi connectivity index (χ3v) is 23.0. The molecule has 0 aromatic carbocycles. The Labute approximate surface area is 651 Å². The lowest BCUT2D eigenvalue weighted by Crippen LogP contribution is -2.30. The van der Waals surface area contributed by atoms with Gasteiger partial charge in [-0.25, -0.2) is 9.13 Å². The molecular weight excluding hydrogens is 1380 g/mol. The van der Waals surface area contributed by atoms with Crippen molar-refractivity contribution in [2.75, 3.05) is 39.6 Å². The topological polar surface area (TPSA) is 237 Å². The van der Waals surface area contributed by atoms with Gasteiger partial charge in [0.15, 0.2) is 12.2 Å². The minimum Gasteiger partial charge on any atom is -0.462 e. The highest BCUT2D eigenvalue weighted by atomic mass is 31.2. The Morgan fingerprint density at radius 3 is 0.717 bits per heavy atom. The van der Waals surface area contributed by atoms with Gasteiger partial charge < -0.3 is 33.8 Å². The van der Waals surface area contributed by atoms with Crippen molar-refractivity contribution in [1.29, 1.82) is 0 Å². The van der Waals surface area contributed by atoms with Crippen molar-refractivity contribution in [3.05, 3.63) is 0 Å². The number of carbonyl (C=O) groups excluding carboxylic acids is 4. The number of carbonyl (C=O) groups is 4. The molecule has 0 aromatic heterocycles. The quantitative estimate of drug-likeness (QED) is 0.0222. The number of aliphatic hydroxyl groups is 1. The number of rotatable bonds is 85. The molecule has 3 N–H and O–H groups in total. The maximum Gasteiger partial charge on any atom is 0.472 e. The molecule has 0 heterocycles. The first-order chi connectivity index (χ1) is 51.3. The normalized spacial score (nSPS) is 14.4. The summed E-state index contributed by atoms with van der Waals surface area (Å²) in [5.74, 6) is 0.346. The second-order valence-electron chi connectivity index (χ2n) is 32.2. The summed E-state index contributed by atoms with van der Waals surface area (Å²) in [7, 11) is -9.93. The Bertz CT molecular complexity index is 2050. The van der Waals surface area contributed by atoms with E-state index in [9.17, 15) is 43.2 Å². The summed E-state index contributed by atoms with van der Waals surface area (Å²) in [6.45, 7) is 12.1. The SMILES string of the molecule is CCCCCCCCCCCCCCCCCC(=O)O[C@H](COC(=O)CCCCCCCCCCC(C)CC)COP(=O)(O)OC[C@H](O)COP(=O)(O)OC[C@@H](COC(=O)CCCCCCCCCCCCCCCCC(C)CC)OC(=O)CCCCCCCCCCCCCCCCCCCCC(C)C. The molecular formula is C87H170O17P2. The van der Waals surface area contributed by atoms with Crippen molar-refractivity contribution >= 4 is 39.5 Å². The maximum atomic E-state index is 13.2. The molecule has 17 nitrogen and oxygen atoms in total. The second-order valence-corrected chi connectivity index (χ2v) is 35.1. The van der Waals surface area contributed by atoms with Crippen molar-refractivity contribution in [1.82, 2.24) is 0 Å². The smallest absolute Gasteiger partial charge is 0.462 e. The van der Waals surface area contributed by atoms with E-state index in [0.29, 0.717) is 25.7 Å². The number of aliphatic hydroxyl groups excluding tert-OH is 1. The third-order valence-electron chi connectivity index (χ3n) is 21.1. The Morgan fingerprint density at radius 1 is 0.274 bits per heavy atom. The van der Waals surface area contributed by atoms with Crippen LogP contribution in [0.4, 0.5) is 0 Å². The molecule has 0 aliphatic rings. The molecule has 7 atom stereocenters. The summed E-state index contributed by atoms with van der Waals surface area (Å²) in [4.78, 5) is 73.3. The van der Waals surface area contributed by atoms with Gasteiger partial charge in [0.25, 0.3) is 0 Å². The van der Waals surface area contributed by atoms with Crippen LogP contribution in [0.2, 0.25) is 0 Å². The van der Waals surface area contributed by atoms with Crippen LogP contribution in [0.1, 0.15) is 459 Å². The Morgan fingerprint density at radius 2 is 0.481 bits per heavy atom. The minimum absolute atomic E-state index is 0.108. The van der Waals surface area contributed by atoms with Gasteiger partial charge in [0, 0.05) is 25.7 Å². The van der Waals surface area contributed by atoms with E-state index in [1.807, 2.05) is 0 Å². The van der Waals surface area contributed by atoms with E-state index in [-0.39, 0.29) is 25.7 Å². The molecule has 0 aliphatic carbocycles. The predicted molar refractivity (Wildman–Crippen MR) is 437 cm³/mol. The van der Waals surface area contributed by atoms with Gasteiger partial charge in [-0.15, -0.1) is 0 Å². The highest BCUT2D eigenvalue weighted by molar-refractivity contribution is 7.47. The number of esters is 4. The van der Waals surface area contributed by atoms with Crippen molar-refractivity contribution in [3.8, 4) is 0 Å². The molecule has 0 saturated carbocycles. The maximum absolute atomic E-state index is 13.2. The van der Waals surface area contributed by atoms with E-state index in [2.05, 4.69) is 48.5 Å². The van der Waals surface area contributed by atoms with E-state index >= 15 is 0 Å². The fourth-order valence-corrected chi connectivity index (χ4v) is 15.1. The highest BCUT2D eigenvalue weighted by Gasteiger charge is 2.31. The summed E-state index contributed by atoms with van der Waals surface area (Å²) in [5.41, 5.74) is 0. The first-order valence-corrected chi connectivity index (χ1v) is 47.9. The Kier molecular flexibility index (Phi) is 75.6. The number of hydrogen-bond donors (Lipinski definition) is 3. The van der Waals surface area contributed by atoms with Crippen LogP contribution in [-0.4, -0.2) is 96.7 Å². The molecule has 0 aliphatic heterocycles. The average Bonchev–Trinajstić information content (AvgIpc) is 0.900. The van der Waals surface area contributed by atoms with Crippen LogP contribution in [0, 0.1) is 17.8 Å². The van der Waals surface area contributed by atoms with Crippen LogP contribution in [0.25, 0.3) is 0 Å². The molecule has 0 aromatic rings. The number of ether oxygens (including phenoxy) is 4. The van der Waals surface area contributed by atoms with Gasteiger partial charge in [0.05, 0.1) is 26.4 Å². The summed E-state index contributed by atoms with van der Waals surface area (Å²) in [5, 5.41) is 10.7. The molecule has 0 saturated heterocycles. The molecule has 4 unspecified atom stereocenters. The zero-order valence-electron chi connectivity index (χ0n) is 69.9. The van der Waals surface area contributed by atoms with Gasteiger partial charge in [-0.05, 0) is 43.4 Å². The first kappa shape index (κ1) is 104. The van der Waals surface area contributed by atoms with Crippen LogP contribution in [0.5, 0.6) is 0 Å². The fraction of sp³-hybridized carbons (Fsp3) is 0.954. The van der Waals surface area contributed by atoms with E-state index in [1.54, 1.807) is 0 Å². The van der Waals surface area contributed by atoms with Crippen molar-refractivity contribution < 1.29 is 80.2 Å². The number of hydrogen-bond acceptors (Lipinski definition) is 15. The zero-order valence-corrected chi connectivity index (χ0v) is 71.7. The zero-order chi connectivity index (χ0) is 77.9. The van der Waals surface area contributed by atoms with Crippen LogP contribution < -0.4 is 0 Å². The van der Waals surface area contributed by atoms with E-state index < -0.39 is 97.5 Å². The molecule has 0 spiro atoms. The molecule has 0 fully saturated rings. The lowest BCUT2D eigenvalue weighted by molar-refractivity contribution is -0.161.